The Morgan fingerprint density at radius 3 is 2.65 bits per heavy atom. The van der Waals surface area contributed by atoms with E-state index in [9.17, 15) is 9.59 Å². The second kappa shape index (κ2) is 5.57. The van der Waals surface area contributed by atoms with E-state index in [1.54, 1.807) is 6.20 Å². The Morgan fingerprint density at radius 1 is 1.25 bits per heavy atom. The summed E-state index contributed by atoms with van der Waals surface area (Å²) in [6.07, 6.45) is 3.94. The van der Waals surface area contributed by atoms with Gasteiger partial charge in [-0.3, -0.25) is 4.79 Å². The van der Waals surface area contributed by atoms with Gasteiger partial charge in [0, 0.05) is 35.3 Å². The second-order valence-electron chi connectivity index (χ2n) is 4.61. The number of aliphatic carboxylic acids is 1. The van der Waals surface area contributed by atoms with E-state index in [0.717, 1.165) is 23.0 Å². The molecule has 2 aromatic rings. The fraction of sp³-hybridized carbons (Fsp3) is 0.125. The Hall–Kier alpha value is -2.62. The lowest BCUT2D eigenvalue weighted by Crippen LogP contribution is -2.11. The fourth-order valence-corrected chi connectivity index (χ4v) is 1.99. The largest absolute Gasteiger partial charge is 0.478 e. The average Bonchev–Trinajstić information content (AvgIpc) is 2.37. The highest BCUT2D eigenvalue weighted by Crippen LogP contribution is 2.13. The molecule has 0 atom stereocenters. The van der Waals surface area contributed by atoms with E-state index in [4.69, 9.17) is 5.11 Å². The lowest BCUT2D eigenvalue weighted by molar-refractivity contribution is -0.131. The molecule has 0 radical (unpaired) electrons. The average molecular weight is 269 g/mol. The zero-order valence-corrected chi connectivity index (χ0v) is 11.3. The van der Waals surface area contributed by atoms with Gasteiger partial charge in [-0.1, -0.05) is 12.1 Å². The van der Waals surface area contributed by atoms with Crippen molar-refractivity contribution >= 4 is 12.0 Å². The van der Waals surface area contributed by atoms with E-state index in [1.807, 2.05) is 42.7 Å². The molecule has 0 amide bonds. The molecule has 2 rings (SSSR count). The maximum Gasteiger partial charge on any atom is 0.328 e. The van der Waals surface area contributed by atoms with Crippen LogP contribution in [0.3, 0.4) is 0 Å². The van der Waals surface area contributed by atoms with Crippen molar-refractivity contribution < 1.29 is 9.90 Å². The molecule has 1 N–H and O–H groups in total. The number of aryl methyl sites for hydroxylation is 2. The van der Waals surface area contributed by atoms with Gasteiger partial charge in [-0.15, -0.1) is 0 Å². The number of hydrogen-bond acceptors (Lipinski definition) is 2. The van der Waals surface area contributed by atoms with Crippen molar-refractivity contribution in [1.29, 1.82) is 0 Å². The first kappa shape index (κ1) is 13.8. The van der Waals surface area contributed by atoms with Gasteiger partial charge in [0.1, 0.15) is 0 Å². The van der Waals surface area contributed by atoms with Gasteiger partial charge in [-0.2, -0.15) is 0 Å². The van der Waals surface area contributed by atoms with E-state index < -0.39 is 5.97 Å². The predicted molar refractivity (Wildman–Crippen MR) is 78.2 cm³/mol. The molecule has 0 saturated heterocycles. The summed E-state index contributed by atoms with van der Waals surface area (Å²) >= 11 is 0. The molecule has 0 unspecified atom stereocenters. The Morgan fingerprint density at radius 2 is 2.00 bits per heavy atom. The molecule has 1 aromatic carbocycles. The summed E-state index contributed by atoms with van der Waals surface area (Å²) in [7, 11) is 0. The summed E-state index contributed by atoms with van der Waals surface area (Å²) < 4.78 is 1.87. The van der Waals surface area contributed by atoms with Crippen LogP contribution >= 0.6 is 0 Å². The minimum absolute atomic E-state index is 0.191. The number of carboxylic acids is 1. The minimum Gasteiger partial charge on any atom is -0.478 e. The number of rotatable bonds is 3. The van der Waals surface area contributed by atoms with Crippen LogP contribution in [0.4, 0.5) is 0 Å². The van der Waals surface area contributed by atoms with E-state index in [2.05, 4.69) is 0 Å². The van der Waals surface area contributed by atoms with Crippen LogP contribution in [0.1, 0.15) is 16.8 Å². The van der Waals surface area contributed by atoms with Crippen molar-refractivity contribution in [2.24, 2.45) is 0 Å². The molecule has 0 saturated carbocycles. The number of aromatic nitrogens is 1. The third kappa shape index (κ3) is 3.03. The molecule has 102 valence electrons. The smallest absolute Gasteiger partial charge is 0.328 e. The van der Waals surface area contributed by atoms with Crippen LogP contribution in [0.15, 0.2) is 47.4 Å². The normalized spacial score (nSPS) is 10.9. The van der Waals surface area contributed by atoms with Crippen LogP contribution in [0.5, 0.6) is 0 Å². The van der Waals surface area contributed by atoms with Gasteiger partial charge in [-0.05, 0) is 37.6 Å². The van der Waals surface area contributed by atoms with Crippen molar-refractivity contribution in [3.05, 3.63) is 69.6 Å². The number of nitrogens with zero attached hydrogens (tertiary/aromatic N) is 1. The summed E-state index contributed by atoms with van der Waals surface area (Å²) in [5.41, 5.74) is 3.01. The number of hydrogen-bond donors (Lipinski definition) is 1. The monoisotopic (exact) mass is 269 g/mol. The zero-order valence-electron chi connectivity index (χ0n) is 11.3. The number of carboxylic acid groups (broad SMARTS) is 1. The van der Waals surface area contributed by atoms with Gasteiger partial charge in [0.15, 0.2) is 5.43 Å². The SMILES string of the molecule is Cc1cccc(-n2cc(/C=C/C(=O)O)c(=O)cc2C)c1. The van der Waals surface area contributed by atoms with Crippen molar-refractivity contribution in [3.63, 3.8) is 0 Å². The molecular weight excluding hydrogens is 254 g/mol. The first-order valence-corrected chi connectivity index (χ1v) is 6.19. The molecule has 1 heterocycles. The molecule has 1 aromatic heterocycles. The lowest BCUT2D eigenvalue weighted by atomic mass is 10.2. The topological polar surface area (TPSA) is 59.3 Å². The van der Waals surface area contributed by atoms with Gasteiger partial charge in [-0.25, -0.2) is 4.79 Å². The first-order chi connectivity index (χ1) is 9.47. The van der Waals surface area contributed by atoms with Gasteiger partial charge in [0.05, 0.1) is 0 Å². The maximum absolute atomic E-state index is 11.8. The summed E-state index contributed by atoms with van der Waals surface area (Å²) in [5.74, 6) is -1.08. The first-order valence-electron chi connectivity index (χ1n) is 6.19. The molecule has 4 heteroatoms. The van der Waals surface area contributed by atoms with Crippen LogP contribution in [0.2, 0.25) is 0 Å². The van der Waals surface area contributed by atoms with Crippen LogP contribution < -0.4 is 5.43 Å². The molecule has 0 spiro atoms. The third-order valence-electron chi connectivity index (χ3n) is 2.96. The molecule has 0 bridgehead atoms. The summed E-state index contributed by atoms with van der Waals surface area (Å²) in [6, 6.07) is 9.38. The quantitative estimate of drug-likeness (QED) is 0.871. The summed E-state index contributed by atoms with van der Waals surface area (Å²) in [6.45, 7) is 3.83. The highest BCUT2D eigenvalue weighted by molar-refractivity contribution is 5.85. The molecular formula is C16H15NO3. The van der Waals surface area contributed by atoms with Crippen molar-refractivity contribution in [3.8, 4) is 5.69 Å². The van der Waals surface area contributed by atoms with Crippen LogP contribution in [-0.4, -0.2) is 15.6 Å². The van der Waals surface area contributed by atoms with Gasteiger partial charge >= 0.3 is 5.97 Å². The van der Waals surface area contributed by atoms with Crippen molar-refractivity contribution in [2.75, 3.05) is 0 Å². The van der Waals surface area contributed by atoms with Crippen LogP contribution in [-0.2, 0) is 4.79 Å². The Balaban J connectivity index is 2.57. The van der Waals surface area contributed by atoms with Crippen molar-refractivity contribution in [2.45, 2.75) is 13.8 Å². The Labute approximate surface area is 116 Å². The van der Waals surface area contributed by atoms with Gasteiger partial charge in [0.2, 0.25) is 0 Å². The number of carbonyl (C=O) groups is 1. The van der Waals surface area contributed by atoms with Crippen LogP contribution in [0.25, 0.3) is 11.8 Å². The Bertz CT molecular complexity index is 742. The highest BCUT2D eigenvalue weighted by Gasteiger charge is 2.04. The van der Waals surface area contributed by atoms with E-state index >= 15 is 0 Å². The van der Waals surface area contributed by atoms with Crippen molar-refractivity contribution in [1.82, 2.24) is 4.57 Å². The van der Waals surface area contributed by atoms with Gasteiger partial charge in [0.25, 0.3) is 0 Å². The summed E-state index contributed by atoms with van der Waals surface area (Å²) in [5, 5.41) is 8.65. The third-order valence-corrected chi connectivity index (χ3v) is 2.96. The number of pyridine rings is 1. The van der Waals surface area contributed by atoms with E-state index in [0.29, 0.717) is 5.56 Å². The lowest BCUT2D eigenvalue weighted by Gasteiger charge is -2.12. The van der Waals surface area contributed by atoms with E-state index in [1.165, 1.54) is 12.1 Å². The highest BCUT2D eigenvalue weighted by atomic mass is 16.4. The second-order valence-corrected chi connectivity index (χ2v) is 4.61. The predicted octanol–water partition coefficient (Wildman–Crippen LogP) is 2.55. The summed E-state index contributed by atoms with van der Waals surface area (Å²) in [4.78, 5) is 22.4. The molecule has 4 nitrogen and oxygen atoms in total. The standard InChI is InChI=1S/C16H15NO3/c1-11-4-3-5-14(8-11)17-10-13(6-7-16(19)20)15(18)9-12(17)2/h3-10H,1-2H3,(H,19,20)/b7-6+. The van der Waals surface area contributed by atoms with Crippen LogP contribution in [0, 0.1) is 13.8 Å². The number of benzene rings is 1. The molecule has 0 aliphatic rings. The maximum atomic E-state index is 11.8. The molecule has 0 fully saturated rings. The van der Waals surface area contributed by atoms with E-state index in [-0.39, 0.29) is 5.43 Å². The fourth-order valence-electron chi connectivity index (χ4n) is 1.99. The Kier molecular flexibility index (Phi) is 3.84. The zero-order chi connectivity index (χ0) is 14.7. The molecule has 0 aliphatic carbocycles. The molecule has 20 heavy (non-hydrogen) atoms. The minimum atomic E-state index is -1.08. The molecule has 0 aliphatic heterocycles. The van der Waals surface area contributed by atoms with Gasteiger partial charge < -0.3 is 9.67 Å².